The Hall–Kier alpha value is -4.71. The first-order chi connectivity index (χ1) is 22.8. The molecule has 240 valence electrons. The van der Waals surface area contributed by atoms with Gasteiger partial charge in [0.1, 0.15) is 10.6 Å². The molecule has 9 rings (SSSR count). The van der Waals surface area contributed by atoms with Crippen molar-refractivity contribution in [2.24, 2.45) is 0 Å². The van der Waals surface area contributed by atoms with Gasteiger partial charge in [0.15, 0.2) is 0 Å². The van der Waals surface area contributed by atoms with Gasteiger partial charge < -0.3 is 19.1 Å². The maximum atomic E-state index is 6.48. The fraction of sp³-hybridized carbons (Fsp3) is 0.125. The smallest absolute Gasteiger partial charge is 0.135 e. The molecule has 0 bridgehead atoms. The maximum Gasteiger partial charge on any atom is 0.135 e. The minimum absolute atomic E-state index is 0. The van der Waals surface area contributed by atoms with E-state index >= 15 is 0 Å². The van der Waals surface area contributed by atoms with Gasteiger partial charge in [0.2, 0.25) is 0 Å². The van der Waals surface area contributed by atoms with E-state index in [1.807, 2.05) is 36.7 Å². The molecule has 0 saturated heterocycles. The second-order valence-corrected chi connectivity index (χ2v) is 14.0. The van der Waals surface area contributed by atoms with Gasteiger partial charge in [0.05, 0.1) is 0 Å². The third-order valence-corrected chi connectivity index (χ3v) is 9.98. The number of ether oxygens (including phenoxy) is 1. The number of hydrogen-bond acceptors (Lipinski definition) is 6. The van der Waals surface area contributed by atoms with Crippen molar-refractivity contribution >= 4 is 70.5 Å². The van der Waals surface area contributed by atoms with Gasteiger partial charge in [-0.15, -0.1) is 52.7 Å². The van der Waals surface area contributed by atoms with Crippen LogP contribution in [0.3, 0.4) is 0 Å². The number of thiophene rings is 1. The summed E-state index contributed by atoms with van der Waals surface area (Å²) in [5.74, 6) is 2.09. The molecule has 8 heteroatoms. The number of aromatic nitrogens is 3. The van der Waals surface area contributed by atoms with Crippen LogP contribution in [0.25, 0.3) is 47.9 Å². The summed E-state index contributed by atoms with van der Waals surface area (Å²) in [6.07, 6.45) is 3.75. The molecule has 0 radical (unpaired) electrons. The van der Waals surface area contributed by atoms with Crippen LogP contribution in [0, 0.1) is 18.8 Å². The molecule has 48 heavy (non-hydrogen) atoms. The molecular formula is C40H30N5OPtS-3. The molecule has 0 amide bonds. The normalized spacial score (nSPS) is 13.1. The average Bonchev–Trinajstić information content (AvgIpc) is 3.72. The van der Waals surface area contributed by atoms with Gasteiger partial charge in [-0.05, 0) is 65.9 Å². The second kappa shape index (κ2) is 11.5. The number of hydrogen-bond donors (Lipinski definition) is 0. The van der Waals surface area contributed by atoms with E-state index in [0.717, 1.165) is 49.5 Å². The fourth-order valence-corrected chi connectivity index (χ4v) is 7.59. The van der Waals surface area contributed by atoms with Crippen LogP contribution >= 0.6 is 11.3 Å². The zero-order valence-corrected chi connectivity index (χ0v) is 29.8. The number of para-hydroxylation sites is 1. The zero-order chi connectivity index (χ0) is 31.9. The molecule has 4 aromatic heterocycles. The number of anilines is 3. The van der Waals surface area contributed by atoms with Gasteiger partial charge in [-0.1, -0.05) is 44.5 Å². The largest absolute Gasteiger partial charge is 0.509 e. The van der Waals surface area contributed by atoms with Crippen molar-refractivity contribution < 1.29 is 25.8 Å². The van der Waals surface area contributed by atoms with E-state index in [1.165, 1.54) is 21.0 Å². The van der Waals surface area contributed by atoms with Gasteiger partial charge in [-0.2, -0.15) is 18.8 Å². The molecule has 0 unspecified atom stereocenters. The summed E-state index contributed by atoms with van der Waals surface area (Å²) in [7, 11) is 2.08. The van der Waals surface area contributed by atoms with E-state index in [4.69, 9.17) is 9.72 Å². The number of benzene rings is 4. The molecule has 0 spiro atoms. The average molecular weight is 824 g/mol. The van der Waals surface area contributed by atoms with Gasteiger partial charge in [0, 0.05) is 77.3 Å². The number of rotatable bonds is 4. The summed E-state index contributed by atoms with van der Waals surface area (Å²) in [5.41, 5.74) is 6.35. The van der Waals surface area contributed by atoms with E-state index in [-0.39, 0.29) is 26.5 Å². The van der Waals surface area contributed by atoms with E-state index in [1.54, 1.807) is 11.3 Å². The predicted octanol–water partition coefficient (Wildman–Crippen LogP) is 10.3. The molecule has 8 aromatic rings. The van der Waals surface area contributed by atoms with Crippen molar-refractivity contribution in [1.82, 2.24) is 14.5 Å². The molecular weight excluding hydrogens is 794 g/mol. The molecule has 0 saturated carbocycles. The molecule has 1 aliphatic heterocycles. The van der Waals surface area contributed by atoms with Gasteiger partial charge >= 0.3 is 0 Å². The Morgan fingerprint density at radius 1 is 0.750 bits per heavy atom. The Morgan fingerprint density at radius 3 is 2.46 bits per heavy atom. The van der Waals surface area contributed by atoms with Crippen LogP contribution in [-0.2, 0) is 26.5 Å². The standard InChI is InChI=1S/C40H30N5OS.Pt/c1-40(2,3)25-16-18-41-38(19-25)45-33-13-6-5-11-29(33)30-15-14-28(21-34(30)45)46-27-10-7-9-26(20-27)44-24-43(4)35-23-37-32(22-36(35)44)31-12-8-17-42-39(31)47-37;/h5-19,22-24H,1-4H3;/q-3;. The first kappa shape index (κ1) is 30.6. The summed E-state index contributed by atoms with van der Waals surface area (Å²) in [4.78, 5) is 14.8. The Bertz CT molecular complexity index is 2510. The third-order valence-electron chi connectivity index (χ3n) is 8.90. The minimum atomic E-state index is -0.00190. The van der Waals surface area contributed by atoms with E-state index in [2.05, 4.69) is 133 Å². The van der Waals surface area contributed by atoms with Crippen LogP contribution in [-0.4, -0.2) is 21.6 Å². The van der Waals surface area contributed by atoms with Crippen LogP contribution in [0.2, 0.25) is 0 Å². The van der Waals surface area contributed by atoms with Crippen molar-refractivity contribution in [1.29, 1.82) is 0 Å². The van der Waals surface area contributed by atoms with Gasteiger partial charge in [0.25, 0.3) is 0 Å². The summed E-state index contributed by atoms with van der Waals surface area (Å²) in [6.45, 7) is 8.76. The predicted molar refractivity (Wildman–Crippen MR) is 193 cm³/mol. The monoisotopic (exact) mass is 823 g/mol. The van der Waals surface area contributed by atoms with E-state index in [0.29, 0.717) is 11.5 Å². The van der Waals surface area contributed by atoms with Crippen molar-refractivity contribution in [2.75, 3.05) is 16.8 Å². The molecule has 0 fully saturated rings. The molecule has 4 aromatic carbocycles. The first-order valence-corrected chi connectivity index (χ1v) is 16.4. The molecule has 6 nitrogen and oxygen atoms in total. The van der Waals surface area contributed by atoms with Crippen LogP contribution < -0.4 is 14.5 Å². The van der Waals surface area contributed by atoms with Crippen molar-refractivity contribution in [2.45, 2.75) is 26.2 Å². The topological polar surface area (TPSA) is 46.4 Å². The van der Waals surface area contributed by atoms with Crippen LogP contribution in [0.5, 0.6) is 11.5 Å². The van der Waals surface area contributed by atoms with Crippen LogP contribution in [0.4, 0.5) is 17.1 Å². The van der Waals surface area contributed by atoms with Crippen molar-refractivity contribution in [3.8, 4) is 17.3 Å². The minimum Gasteiger partial charge on any atom is -0.509 e. The molecule has 0 N–H and O–H groups in total. The Balaban J connectivity index is 0.00000336. The van der Waals surface area contributed by atoms with Crippen LogP contribution in [0.15, 0.2) is 103 Å². The SMILES string of the molecule is CN1[CH-]N(c2[c-]c(Oc3[c-]c4c(cc3)c3ccccc3n4-c3cc(C(C)(C)C)ccn3)ccc2)c2cc3c(cc21)sc1ncccc13.[Pt]. The van der Waals surface area contributed by atoms with Gasteiger partial charge in [-0.25, -0.2) is 9.97 Å². The second-order valence-electron chi connectivity index (χ2n) is 13.0. The van der Waals surface area contributed by atoms with Gasteiger partial charge in [-0.3, -0.25) is 0 Å². The third kappa shape index (κ3) is 4.96. The van der Waals surface area contributed by atoms with Crippen LogP contribution in [0.1, 0.15) is 26.3 Å². The number of nitrogens with zero attached hydrogens (tertiary/aromatic N) is 5. The van der Waals surface area contributed by atoms with Crippen molar-refractivity contribution in [3.05, 3.63) is 128 Å². The number of pyridine rings is 2. The summed E-state index contributed by atoms with van der Waals surface area (Å²) < 4.78 is 9.89. The zero-order valence-electron chi connectivity index (χ0n) is 26.8. The fourth-order valence-electron chi connectivity index (χ4n) is 6.53. The number of fused-ring (bicyclic) bond motifs is 7. The quantitative estimate of drug-likeness (QED) is 0.166. The van der Waals surface area contributed by atoms with Crippen molar-refractivity contribution in [3.63, 3.8) is 0 Å². The molecule has 0 atom stereocenters. The summed E-state index contributed by atoms with van der Waals surface area (Å²) >= 11 is 1.73. The molecule has 0 aliphatic carbocycles. The Morgan fingerprint density at radius 2 is 1.58 bits per heavy atom. The Kier molecular flexibility index (Phi) is 7.31. The first-order valence-electron chi connectivity index (χ1n) is 15.6. The summed E-state index contributed by atoms with van der Waals surface area (Å²) in [5, 5.41) is 4.63. The molecule has 5 heterocycles. The Labute approximate surface area is 297 Å². The summed E-state index contributed by atoms with van der Waals surface area (Å²) in [6, 6.07) is 38.5. The van der Waals surface area contributed by atoms with E-state index in [9.17, 15) is 0 Å². The molecule has 1 aliphatic rings. The van der Waals surface area contributed by atoms with E-state index < -0.39 is 0 Å². The maximum absolute atomic E-state index is 6.48.